The van der Waals surface area contributed by atoms with E-state index in [1.165, 1.54) is 9.21 Å². The summed E-state index contributed by atoms with van der Waals surface area (Å²) in [5.74, 6) is -1.27. The molecule has 0 atom stereocenters. The van der Waals surface area contributed by atoms with Crippen molar-refractivity contribution in [2.24, 2.45) is 0 Å². The molecule has 0 unspecified atom stereocenters. The van der Waals surface area contributed by atoms with Crippen molar-refractivity contribution in [3.8, 4) is 0 Å². The summed E-state index contributed by atoms with van der Waals surface area (Å²) in [6, 6.07) is 0. The Bertz CT molecular complexity index is 420. The molecule has 0 aliphatic carbocycles. The van der Waals surface area contributed by atoms with Crippen molar-refractivity contribution in [3.63, 3.8) is 0 Å². The van der Waals surface area contributed by atoms with E-state index >= 15 is 0 Å². The van der Waals surface area contributed by atoms with Crippen molar-refractivity contribution in [1.82, 2.24) is 9.21 Å². The molecule has 1 amide bonds. The third-order valence-corrected chi connectivity index (χ3v) is 4.80. The molecular formula is C10H18N2O5S. The fourth-order valence-corrected chi connectivity index (χ4v) is 3.39. The number of aliphatic carboxylic acids is 1. The van der Waals surface area contributed by atoms with Gasteiger partial charge in [0.15, 0.2) is 0 Å². The van der Waals surface area contributed by atoms with Gasteiger partial charge in [-0.05, 0) is 13.3 Å². The van der Waals surface area contributed by atoms with Gasteiger partial charge in [-0.2, -0.15) is 0 Å². The summed E-state index contributed by atoms with van der Waals surface area (Å²) in [5, 5.41) is 8.63. The minimum Gasteiger partial charge on any atom is -0.480 e. The van der Waals surface area contributed by atoms with Gasteiger partial charge in [0, 0.05) is 26.1 Å². The minimum absolute atomic E-state index is 0.0281. The van der Waals surface area contributed by atoms with E-state index in [-0.39, 0.29) is 31.2 Å². The lowest BCUT2D eigenvalue weighted by atomic mass is 10.3. The predicted octanol–water partition coefficient (Wildman–Crippen LogP) is -0.655. The number of carbonyl (C=O) groups is 2. The van der Waals surface area contributed by atoms with Crippen LogP contribution in [0.25, 0.3) is 0 Å². The van der Waals surface area contributed by atoms with E-state index < -0.39 is 16.0 Å². The van der Waals surface area contributed by atoms with Gasteiger partial charge in [-0.25, -0.2) is 12.7 Å². The van der Waals surface area contributed by atoms with Crippen LogP contribution in [-0.2, 0) is 19.6 Å². The average molecular weight is 278 g/mol. The summed E-state index contributed by atoms with van der Waals surface area (Å²) >= 11 is 0. The Morgan fingerprint density at radius 2 is 2.06 bits per heavy atom. The Morgan fingerprint density at radius 3 is 2.50 bits per heavy atom. The molecule has 0 radical (unpaired) electrons. The average Bonchev–Trinajstić information content (AvgIpc) is 2.61. The van der Waals surface area contributed by atoms with Crippen LogP contribution in [0, 0.1) is 0 Å². The summed E-state index contributed by atoms with van der Waals surface area (Å²) in [6.45, 7) is 2.23. The number of sulfonamides is 1. The number of rotatable bonds is 6. The Morgan fingerprint density at radius 1 is 1.39 bits per heavy atom. The molecular weight excluding hydrogens is 260 g/mol. The lowest BCUT2D eigenvalue weighted by Crippen LogP contribution is -2.38. The van der Waals surface area contributed by atoms with Crippen LogP contribution < -0.4 is 0 Å². The van der Waals surface area contributed by atoms with Gasteiger partial charge in [-0.1, -0.05) is 0 Å². The molecule has 7 nitrogen and oxygen atoms in total. The second-order valence-corrected chi connectivity index (χ2v) is 6.21. The summed E-state index contributed by atoms with van der Waals surface area (Å²) in [7, 11) is -3.19. The first-order valence-electron chi connectivity index (χ1n) is 5.84. The van der Waals surface area contributed by atoms with E-state index in [0.29, 0.717) is 19.5 Å². The van der Waals surface area contributed by atoms with E-state index in [0.717, 1.165) is 0 Å². The van der Waals surface area contributed by atoms with Gasteiger partial charge >= 0.3 is 5.97 Å². The number of carboxylic acid groups (broad SMARTS) is 1. The largest absolute Gasteiger partial charge is 0.480 e. The van der Waals surface area contributed by atoms with Crippen LogP contribution in [0.15, 0.2) is 0 Å². The maximum atomic E-state index is 11.7. The van der Waals surface area contributed by atoms with Crippen molar-refractivity contribution < 1.29 is 23.1 Å². The summed E-state index contributed by atoms with van der Waals surface area (Å²) in [6.07, 6.45) is 0.615. The molecule has 0 bridgehead atoms. The second kappa shape index (κ2) is 6.14. The molecule has 18 heavy (non-hydrogen) atoms. The van der Waals surface area contributed by atoms with Gasteiger partial charge in [-0.3, -0.25) is 9.59 Å². The topological polar surface area (TPSA) is 95.0 Å². The molecule has 1 fully saturated rings. The summed E-state index contributed by atoms with van der Waals surface area (Å²) < 4.78 is 24.3. The lowest BCUT2D eigenvalue weighted by Gasteiger charge is -2.20. The molecule has 8 heteroatoms. The fourth-order valence-electron chi connectivity index (χ4n) is 1.86. The third kappa shape index (κ3) is 3.95. The van der Waals surface area contributed by atoms with Crippen molar-refractivity contribution in [1.29, 1.82) is 0 Å². The van der Waals surface area contributed by atoms with E-state index in [4.69, 9.17) is 5.11 Å². The van der Waals surface area contributed by atoms with E-state index in [1.807, 2.05) is 0 Å². The van der Waals surface area contributed by atoms with Crippen LogP contribution in [0.5, 0.6) is 0 Å². The molecule has 0 aromatic carbocycles. The molecule has 1 aliphatic heterocycles. The Hall–Kier alpha value is -1.15. The van der Waals surface area contributed by atoms with E-state index in [2.05, 4.69) is 0 Å². The van der Waals surface area contributed by atoms with Gasteiger partial charge in [-0.15, -0.1) is 0 Å². The summed E-state index contributed by atoms with van der Waals surface area (Å²) in [4.78, 5) is 23.5. The Labute approximate surface area is 106 Å². The number of nitrogens with zero attached hydrogens (tertiary/aromatic N) is 2. The number of likely N-dealkylation sites (N-methyl/N-ethyl adjacent to an activating group) is 1. The predicted molar refractivity (Wildman–Crippen MR) is 64.5 cm³/mol. The number of carboxylic acids is 1. The fraction of sp³-hybridized carbons (Fsp3) is 0.800. The first-order chi connectivity index (χ1) is 8.36. The van der Waals surface area contributed by atoms with Gasteiger partial charge in [0.2, 0.25) is 15.9 Å². The highest BCUT2D eigenvalue weighted by molar-refractivity contribution is 7.89. The van der Waals surface area contributed by atoms with Gasteiger partial charge in [0.1, 0.15) is 6.54 Å². The maximum Gasteiger partial charge on any atom is 0.323 e. The highest BCUT2D eigenvalue weighted by Crippen LogP contribution is 2.13. The zero-order chi connectivity index (χ0) is 13.8. The van der Waals surface area contributed by atoms with Crippen LogP contribution in [0.4, 0.5) is 0 Å². The SMILES string of the molecule is CCN(CC(=O)O)C(=O)CCN1CCCS1(=O)=O. The van der Waals surface area contributed by atoms with Crippen LogP contribution in [0.2, 0.25) is 0 Å². The molecule has 0 saturated carbocycles. The molecule has 0 aromatic heterocycles. The molecule has 0 aromatic rings. The number of hydrogen-bond donors (Lipinski definition) is 1. The van der Waals surface area contributed by atoms with Crippen LogP contribution in [0.3, 0.4) is 0 Å². The second-order valence-electron chi connectivity index (χ2n) is 4.12. The van der Waals surface area contributed by atoms with Gasteiger partial charge < -0.3 is 10.0 Å². The number of carbonyl (C=O) groups excluding carboxylic acids is 1. The van der Waals surface area contributed by atoms with Crippen molar-refractivity contribution in [2.45, 2.75) is 19.8 Å². The van der Waals surface area contributed by atoms with Crippen molar-refractivity contribution in [2.75, 3.05) is 31.9 Å². The van der Waals surface area contributed by atoms with Crippen LogP contribution >= 0.6 is 0 Å². The zero-order valence-electron chi connectivity index (χ0n) is 10.3. The lowest BCUT2D eigenvalue weighted by molar-refractivity contribution is -0.144. The van der Waals surface area contributed by atoms with E-state index in [9.17, 15) is 18.0 Å². The molecule has 1 heterocycles. The molecule has 104 valence electrons. The zero-order valence-corrected chi connectivity index (χ0v) is 11.1. The number of amides is 1. The maximum absolute atomic E-state index is 11.7. The molecule has 1 N–H and O–H groups in total. The standard InChI is InChI=1S/C10H18N2O5S/c1-2-11(8-10(14)15)9(13)4-6-12-5-3-7-18(12,16)17/h2-8H2,1H3,(H,14,15). The Kier molecular flexibility index (Phi) is 5.09. The quantitative estimate of drug-likeness (QED) is 0.696. The molecule has 1 aliphatic rings. The van der Waals surface area contributed by atoms with Gasteiger partial charge in [0.25, 0.3) is 0 Å². The smallest absolute Gasteiger partial charge is 0.323 e. The van der Waals surface area contributed by atoms with E-state index in [1.54, 1.807) is 6.92 Å². The van der Waals surface area contributed by atoms with Crippen molar-refractivity contribution >= 4 is 21.9 Å². The monoisotopic (exact) mass is 278 g/mol. The first-order valence-corrected chi connectivity index (χ1v) is 7.45. The summed E-state index contributed by atoms with van der Waals surface area (Å²) in [5.41, 5.74) is 0. The highest BCUT2D eigenvalue weighted by atomic mass is 32.2. The number of hydrogen-bond acceptors (Lipinski definition) is 4. The Balaban J connectivity index is 2.47. The minimum atomic E-state index is -3.19. The normalized spacial score (nSPS) is 18.7. The first kappa shape index (κ1) is 14.9. The van der Waals surface area contributed by atoms with Gasteiger partial charge in [0.05, 0.1) is 5.75 Å². The molecule has 1 saturated heterocycles. The molecule has 0 spiro atoms. The highest BCUT2D eigenvalue weighted by Gasteiger charge is 2.28. The van der Waals surface area contributed by atoms with Crippen LogP contribution in [0.1, 0.15) is 19.8 Å². The third-order valence-electron chi connectivity index (χ3n) is 2.84. The molecule has 1 rings (SSSR count). The van der Waals surface area contributed by atoms with Crippen LogP contribution in [-0.4, -0.2) is 66.5 Å². The van der Waals surface area contributed by atoms with Crippen molar-refractivity contribution in [3.05, 3.63) is 0 Å².